The summed E-state index contributed by atoms with van der Waals surface area (Å²) in [5.74, 6) is 1.05. The zero-order valence-corrected chi connectivity index (χ0v) is 13.8. The van der Waals surface area contributed by atoms with Crippen molar-refractivity contribution >= 4 is 17.5 Å². The molecule has 10 nitrogen and oxygen atoms in total. The van der Waals surface area contributed by atoms with Crippen molar-refractivity contribution in [2.24, 2.45) is 0 Å². The summed E-state index contributed by atoms with van der Waals surface area (Å²) in [6.45, 7) is 1.11. The fraction of sp³-hybridized carbons (Fsp3) is 0.467. The number of nitrogens with one attached hydrogen (secondary N) is 1. The summed E-state index contributed by atoms with van der Waals surface area (Å²) in [4.78, 5) is 26.2. The van der Waals surface area contributed by atoms with Gasteiger partial charge in [-0.15, -0.1) is 10.2 Å². The number of rotatable bonds is 5. The van der Waals surface area contributed by atoms with E-state index >= 15 is 0 Å². The second kappa shape index (κ2) is 7.24. The van der Waals surface area contributed by atoms with Gasteiger partial charge < -0.3 is 14.6 Å². The van der Waals surface area contributed by atoms with Crippen molar-refractivity contribution in [3.05, 3.63) is 39.6 Å². The Bertz CT molecular complexity index is 803. The third-order valence-electron chi connectivity index (χ3n) is 4.09. The van der Waals surface area contributed by atoms with E-state index in [4.69, 9.17) is 0 Å². The molecule has 0 amide bonds. The number of nitro groups is 1. The van der Waals surface area contributed by atoms with Gasteiger partial charge in [0.25, 0.3) is 0 Å². The average Bonchev–Trinajstić information content (AvgIpc) is 2.85. The lowest BCUT2D eigenvalue weighted by Crippen LogP contribution is -2.12. The van der Waals surface area contributed by atoms with E-state index in [2.05, 4.69) is 29.8 Å². The van der Waals surface area contributed by atoms with Crippen LogP contribution in [0.2, 0.25) is 0 Å². The van der Waals surface area contributed by atoms with E-state index in [1.807, 2.05) is 0 Å². The zero-order chi connectivity index (χ0) is 17.8. The van der Waals surface area contributed by atoms with E-state index in [-0.39, 0.29) is 23.6 Å². The van der Waals surface area contributed by atoms with Crippen molar-refractivity contribution in [3.8, 4) is 0 Å². The van der Waals surface area contributed by atoms with Gasteiger partial charge in [0.2, 0.25) is 5.82 Å². The van der Waals surface area contributed by atoms with Crippen LogP contribution >= 0.6 is 0 Å². The van der Waals surface area contributed by atoms with Crippen LogP contribution < -0.4 is 5.32 Å². The summed E-state index contributed by atoms with van der Waals surface area (Å²) >= 11 is 0. The Morgan fingerprint density at radius 1 is 1.40 bits per heavy atom. The number of methoxy groups -OCH3 is 1. The lowest BCUT2D eigenvalue weighted by atomic mass is 10.2. The molecule has 2 aromatic heterocycles. The Morgan fingerprint density at radius 3 is 3.00 bits per heavy atom. The summed E-state index contributed by atoms with van der Waals surface area (Å²) in [5.41, 5.74) is -0.269. The van der Waals surface area contributed by atoms with Crippen molar-refractivity contribution in [1.29, 1.82) is 0 Å². The minimum absolute atomic E-state index is 0.0242. The van der Waals surface area contributed by atoms with Crippen molar-refractivity contribution in [2.45, 2.75) is 38.8 Å². The number of anilines is 1. The molecule has 0 unspecified atom stereocenters. The third-order valence-corrected chi connectivity index (χ3v) is 4.09. The molecule has 3 rings (SSSR count). The molecule has 0 radical (unpaired) electrons. The van der Waals surface area contributed by atoms with E-state index in [0.29, 0.717) is 5.82 Å². The molecule has 0 fully saturated rings. The summed E-state index contributed by atoms with van der Waals surface area (Å²) in [7, 11) is 1.21. The highest BCUT2D eigenvalue weighted by atomic mass is 16.6. The molecular weight excluding hydrogens is 328 g/mol. The van der Waals surface area contributed by atoms with Gasteiger partial charge >= 0.3 is 11.7 Å². The van der Waals surface area contributed by atoms with E-state index in [9.17, 15) is 14.9 Å². The number of hydrogen-bond donors (Lipinski definition) is 1. The molecular formula is C15H18N6O4. The first kappa shape index (κ1) is 16.8. The van der Waals surface area contributed by atoms with Crippen LogP contribution in [0.3, 0.4) is 0 Å². The van der Waals surface area contributed by atoms with Gasteiger partial charge in [0.1, 0.15) is 5.82 Å². The Balaban J connectivity index is 1.80. The van der Waals surface area contributed by atoms with Gasteiger partial charge in [-0.2, -0.15) is 0 Å². The lowest BCUT2D eigenvalue weighted by Gasteiger charge is -2.09. The van der Waals surface area contributed by atoms with Crippen molar-refractivity contribution in [1.82, 2.24) is 19.7 Å². The predicted molar refractivity (Wildman–Crippen MR) is 87.1 cm³/mol. The Kier molecular flexibility index (Phi) is 4.87. The van der Waals surface area contributed by atoms with Gasteiger partial charge in [-0.05, 0) is 12.8 Å². The molecule has 0 spiro atoms. The number of aryl methyl sites for hydroxylation is 1. The fourth-order valence-corrected chi connectivity index (χ4v) is 2.80. The van der Waals surface area contributed by atoms with Crippen LogP contribution in [0.1, 0.15) is 41.3 Å². The number of fused-ring (bicyclic) bond motifs is 1. The molecule has 25 heavy (non-hydrogen) atoms. The molecule has 1 N–H and O–H groups in total. The summed E-state index contributed by atoms with van der Waals surface area (Å²) in [6, 6.07) is 1.14. The molecule has 10 heteroatoms. The second-order valence-corrected chi connectivity index (χ2v) is 5.69. The number of esters is 1. The van der Waals surface area contributed by atoms with Crippen LogP contribution in [0.4, 0.5) is 11.5 Å². The van der Waals surface area contributed by atoms with Crippen LogP contribution in [-0.4, -0.2) is 37.8 Å². The average molecular weight is 346 g/mol. The monoisotopic (exact) mass is 346 g/mol. The maximum absolute atomic E-state index is 11.5. The number of nitrogens with zero attached hydrogens (tertiary/aromatic N) is 5. The van der Waals surface area contributed by atoms with E-state index in [1.54, 1.807) is 0 Å². The smallest absolute Gasteiger partial charge is 0.339 e. The Hall–Kier alpha value is -3.04. The second-order valence-electron chi connectivity index (χ2n) is 5.69. The highest BCUT2D eigenvalue weighted by molar-refractivity contribution is 5.90. The minimum atomic E-state index is -0.676. The number of hydrogen-bond acceptors (Lipinski definition) is 8. The molecule has 0 atom stereocenters. The highest BCUT2D eigenvalue weighted by Gasteiger charge is 2.21. The summed E-state index contributed by atoms with van der Waals surface area (Å²) < 4.78 is 6.61. The molecule has 132 valence electrons. The summed E-state index contributed by atoms with van der Waals surface area (Å²) in [6.07, 6.45) is 5.43. The third kappa shape index (κ3) is 3.57. The van der Waals surface area contributed by atoms with E-state index in [1.165, 1.54) is 13.3 Å². The van der Waals surface area contributed by atoms with Crippen LogP contribution in [0.15, 0.2) is 12.3 Å². The first-order valence-corrected chi connectivity index (χ1v) is 7.97. The van der Waals surface area contributed by atoms with Crippen LogP contribution in [0.5, 0.6) is 0 Å². The topological polar surface area (TPSA) is 125 Å². The SMILES string of the molecule is COC(=O)c1cnc(NCc2nnc3n2CCCCC3)c([N+](=O)[O-])c1. The number of carbonyl (C=O) groups is 1. The normalized spacial score (nSPS) is 13.6. The van der Waals surface area contributed by atoms with Crippen molar-refractivity contribution in [3.63, 3.8) is 0 Å². The summed E-state index contributed by atoms with van der Waals surface area (Å²) in [5, 5.41) is 22.5. The van der Waals surface area contributed by atoms with Gasteiger partial charge in [-0.1, -0.05) is 6.42 Å². The Morgan fingerprint density at radius 2 is 2.24 bits per heavy atom. The lowest BCUT2D eigenvalue weighted by molar-refractivity contribution is -0.384. The molecule has 1 aliphatic rings. The molecule has 0 aromatic carbocycles. The maximum atomic E-state index is 11.5. The standard InChI is InChI=1S/C15H18N6O4/c1-25-15(22)10-7-11(21(23)24)14(16-8-10)17-9-13-19-18-12-5-3-2-4-6-20(12)13/h7-8H,2-6,9H2,1H3,(H,16,17). The van der Waals surface area contributed by atoms with Crippen molar-refractivity contribution < 1.29 is 14.5 Å². The highest BCUT2D eigenvalue weighted by Crippen LogP contribution is 2.24. The number of carbonyl (C=O) groups excluding carboxylic acids is 1. The van der Waals surface area contributed by atoms with Gasteiger partial charge in [-0.25, -0.2) is 9.78 Å². The maximum Gasteiger partial charge on any atom is 0.339 e. The van der Waals surface area contributed by atoms with Crippen LogP contribution in [0.25, 0.3) is 0 Å². The zero-order valence-electron chi connectivity index (χ0n) is 13.8. The number of pyridine rings is 1. The number of aromatic nitrogens is 4. The van der Waals surface area contributed by atoms with Gasteiger partial charge in [0.05, 0.1) is 24.1 Å². The molecule has 0 saturated heterocycles. The molecule has 1 aliphatic heterocycles. The van der Waals surface area contributed by atoms with Gasteiger partial charge in [0, 0.05) is 25.2 Å². The first-order chi connectivity index (χ1) is 12.1. The van der Waals surface area contributed by atoms with E-state index < -0.39 is 10.9 Å². The van der Waals surface area contributed by atoms with Gasteiger partial charge in [0.15, 0.2) is 5.82 Å². The van der Waals surface area contributed by atoms with Crippen molar-refractivity contribution in [2.75, 3.05) is 12.4 Å². The first-order valence-electron chi connectivity index (χ1n) is 7.97. The molecule has 2 aromatic rings. The molecule has 0 bridgehead atoms. The van der Waals surface area contributed by atoms with Crippen LogP contribution in [-0.2, 0) is 24.2 Å². The predicted octanol–water partition coefficient (Wildman–Crippen LogP) is 1.71. The van der Waals surface area contributed by atoms with Crippen LogP contribution in [0, 0.1) is 10.1 Å². The minimum Gasteiger partial charge on any atom is -0.465 e. The molecule has 0 saturated carbocycles. The molecule has 3 heterocycles. The van der Waals surface area contributed by atoms with E-state index in [0.717, 1.165) is 44.1 Å². The quantitative estimate of drug-likeness (QED) is 0.493. The fourth-order valence-electron chi connectivity index (χ4n) is 2.80. The molecule has 0 aliphatic carbocycles. The number of ether oxygens (including phenoxy) is 1. The van der Waals surface area contributed by atoms with Gasteiger partial charge in [-0.3, -0.25) is 10.1 Å². The largest absolute Gasteiger partial charge is 0.465 e. The Labute approximate surface area is 143 Å².